The number of aryl methyl sites for hydroxylation is 2. The van der Waals surface area contributed by atoms with Gasteiger partial charge < -0.3 is 5.73 Å². The van der Waals surface area contributed by atoms with Gasteiger partial charge in [-0.25, -0.2) is 8.42 Å². The number of hydrogen-bond donors (Lipinski definition) is 1. The molecule has 0 amide bonds. The fourth-order valence-electron chi connectivity index (χ4n) is 2.88. The van der Waals surface area contributed by atoms with Crippen LogP contribution in [-0.2, 0) is 10.0 Å². The third-order valence-corrected chi connectivity index (χ3v) is 6.09. The predicted octanol–water partition coefficient (Wildman–Crippen LogP) is 2.20. The minimum Gasteiger partial charge on any atom is -0.330 e. The zero-order chi connectivity index (χ0) is 14.8. The zero-order valence-corrected chi connectivity index (χ0v) is 13.1. The van der Waals surface area contributed by atoms with Gasteiger partial charge in [0.2, 0.25) is 10.0 Å². The highest BCUT2D eigenvalue weighted by molar-refractivity contribution is 7.89. The standard InChI is InChI=1S/C15H24N2O2S/c1-12-7-8-13(2)15(11-12)20(18,19)17-10-4-6-14(17)5-3-9-16/h7-8,11,14H,3-6,9-10,16H2,1-2H3. The number of sulfonamides is 1. The predicted molar refractivity (Wildman–Crippen MR) is 81.1 cm³/mol. The smallest absolute Gasteiger partial charge is 0.243 e. The number of nitrogens with two attached hydrogens (primary N) is 1. The van der Waals surface area contributed by atoms with Gasteiger partial charge in [-0.3, -0.25) is 0 Å². The van der Waals surface area contributed by atoms with E-state index in [9.17, 15) is 8.42 Å². The van der Waals surface area contributed by atoms with Gasteiger partial charge >= 0.3 is 0 Å². The molecule has 0 spiro atoms. The Morgan fingerprint density at radius 2 is 2.10 bits per heavy atom. The maximum Gasteiger partial charge on any atom is 0.243 e. The molecule has 1 atom stereocenters. The van der Waals surface area contributed by atoms with Crippen LogP contribution in [0.25, 0.3) is 0 Å². The molecular weight excluding hydrogens is 272 g/mol. The molecule has 1 aliphatic heterocycles. The average Bonchev–Trinajstić information content (AvgIpc) is 2.88. The van der Waals surface area contributed by atoms with Crippen molar-refractivity contribution < 1.29 is 8.42 Å². The van der Waals surface area contributed by atoms with Crippen molar-refractivity contribution in [1.82, 2.24) is 4.31 Å². The van der Waals surface area contributed by atoms with Gasteiger partial charge in [-0.1, -0.05) is 12.1 Å². The van der Waals surface area contributed by atoms with Gasteiger partial charge in [0.15, 0.2) is 0 Å². The molecule has 0 saturated carbocycles. The minimum atomic E-state index is -3.38. The Labute approximate surface area is 122 Å². The summed E-state index contributed by atoms with van der Waals surface area (Å²) in [6.07, 6.45) is 3.63. The summed E-state index contributed by atoms with van der Waals surface area (Å²) in [7, 11) is -3.38. The lowest BCUT2D eigenvalue weighted by molar-refractivity contribution is 0.365. The summed E-state index contributed by atoms with van der Waals surface area (Å²) in [5.74, 6) is 0. The summed E-state index contributed by atoms with van der Waals surface area (Å²) in [6.45, 7) is 5.03. The van der Waals surface area contributed by atoms with Crippen LogP contribution in [0.2, 0.25) is 0 Å². The molecular formula is C15H24N2O2S. The van der Waals surface area contributed by atoms with Gasteiger partial charge in [-0.2, -0.15) is 4.31 Å². The first-order valence-electron chi connectivity index (χ1n) is 7.26. The lowest BCUT2D eigenvalue weighted by Gasteiger charge is -2.25. The molecule has 20 heavy (non-hydrogen) atoms. The Hall–Kier alpha value is -0.910. The zero-order valence-electron chi connectivity index (χ0n) is 12.3. The van der Waals surface area contributed by atoms with E-state index in [2.05, 4.69) is 0 Å². The highest BCUT2D eigenvalue weighted by Gasteiger charge is 2.35. The molecule has 1 heterocycles. The highest BCUT2D eigenvalue weighted by Crippen LogP contribution is 2.30. The molecule has 2 rings (SSSR count). The molecule has 4 nitrogen and oxygen atoms in total. The second-order valence-corrected chi connectivity index (χ2v) is 7.47. The Morgan fingerprint density at radius 3 is 2.80 bits per heavy atom. The normalized spacial score (nSPS) is 20.4. The fraction of sp³-hybridized carbons (Fsp3) is 0.600. The van der Waals surface area contributed by atoms with E-state index in [1.165, 1.54) is 0 Å². The SMILES string of the molecule is Cc1ccc(C)c(S(=O)(=O)N2CCCC2CCCN)c1. The lowest BCUT2D eigenvalue weighted by Crippen LogP contribution is -2.36. The molecule has 1 aromatic carbocycles. The molecule has 0 bridgehead atoms. The average molecular weight is 296 g/mol. The number of benzene rings is 1. The van der Waals surface area contributed by atoms with Crippen LogP contribution in [0.15, 0.2) is 23.1 Å². The van der Waals surface area contributed by atoms with Crippen molar-refractivity contribution >= 4 is 10.0 Å². The monoisotopic (exact) mass is 296 g/mol. The van der Waals surface area contributed by atoms with E-state index < -0.39 is 10.0 Å². The number of rotatable bonds is 5. The van der Waals surface area contributed by atoms with Crippen LogP contribution in [0.5, 0.6) is 0 Å². The Bertz CT molecular complexity index is 569. The van der Waals surface area contributed by atoms with Crippen LogP contribution in [0, 0.1) is 13.8 Å². The van der Waals surface area contributed by atoms with Gasteiger partial charge in [0.1, 0.15) is 0 Å². The third kappa shape index (κ3) is 3.05. The van der Waals surface area contributed by atoms with Crippen molar-refractivity contribution in [1.29, 1.82) is 0 Å². The van der Waals surface area contributed by atoms with Crippen LogP contribution in [-0.4, -0.2) is 31.9 Å². The molecule has 1 unspecified atom stereocenters. The lowest BCUT2D eigenvalue weighted by atomic mass is 10.1. The Balaban J connectivity index is 2.31. The van der Waals surface area contributed by atoms with Crippen LogP contribution < -0.4 is 5.73 Å². The molecule has 5 heteroatoms. The van der Waals surface area contributed by atoms with Gasteiger partial charge in [0.05, 0.1) is 4.90 Å². The summed E-state index contributed by atoms with van der Waals surface area (Å²) >= 11 is 0. The Kier molecular flexibility index (Phi) is 4.83. The first-order valence-corrected chi connectivity index (χ1v) is 8.70. The summed E-state index contributed by atoms with van der Waals surface area (Å²) in [4.78, 5) is 0.456. The molecule has 0 aliphatic carbocycles. The maximum absolute atomic E-state index is 12.9. The maximum atomic E-state index is 12.9. The second kappa shape index (κ2) is 6.24. The Morgan fingerprint density at radius 1 is 1.35 bits per heavy atom. The molecule has 0 aromatic heterocycles. The van der Waals surface area contributed by atoms with E-state index in [-0.39, 0.29) is 6.04 Å². The van der Waals surface area contributed by atoms with Crippen molar-refractivity contribution in [2.24, 2.45) is 5.73 Å². The molecule has 1 aromatic rings. The van der Waals surface area contributed by atoms with Crippen molar-refractivity contribution in [3.8, 4) is 0 Å². The molecule has 112 valence electrons. The van der Waals surface area contributed by atoms with E-state index in [1.54, 1.807) is 10.4 Å². The summed E-state index contributed by atoms with van der Waals surface area (Å²) in [5.41, 5.74) is 7.35. The first-order chi connectivity index (χ1) is 9.46. The first kappa shape index (κ1) is 15.5. The topological polar surface area (TPSA) is 63.4 Å². The summed E-state index contributed by atoms with van der Waals surface area (Å²) in [5, 5.41) is 0. The van der Waals surface area contributed by atoms with Crippen molar-refractivity contribution in [3.63, 3.8) is 0 Å². The molecule has 1 saturated heterocycles. The number of hydrogen-bond acceptors (Lipinski definition) is 3. The van der Waals surface area contributed by atoms with E-state index in [0.717, 1.165) is 36.8 Å². The highest BCUT2D eigenvalue weighted by atomic mass is 32.2. The summed E-state index contributed by atoms with van der Waals surface area (Å²) < 4.78 is 27.4. The van der Waals surface area contributed by atoms with E-state index in [0.29, 0.717) is 18.0 Å². The largest absolute Gasteiger partial charge is 0.330 e. The van der Waals surface area contributed by atoms with E-state index in [1.807, 2.05) is 26.0 Å². The van der Waals surface area contributed by atoms with Gasteiger partial charge in [-0.15, -0.1) is 0 Å². The van der Waals surface area contributed by atoms with E-state index >= 15 is 0 Å². The fourth-order valence-corrected chi connectivity index (χ4v) is 4.91. The van der Waals surface area contributed by atoms with Crippen molar-refractivity contribution in [2.45, 2.75) is 50.5 Å². The molecule has 2 N–H and O–H groups in total. The van der Waals surface area contributed by atoms with Crippen LogP contribution in [0.3, 0.4) is 0 Å². The molecule has 1 aliphatic rings. The van der Waals surface area contributed by atoms with Crippen LogP contribution in [0.1, 0.15) is 36.8 Å². The number of nitrogens with zero attached hydrogens (tertiary/aromatic N) is 1. The van der Waals surface area contributed by atoms with Gasteiger partial charge in [-0.05, 0) is 63.3 Å². The second-order valence-electron chi connectivity index (χ2n) is 5.61. The molecule has 0 radical (unpaired) electrons. The molecule has 1 fully saturated rings. The third-order valence-electron chi connectivity index (χ3n) is 3.99. The quantitative estimate of drug-likeness (QED) is 0.906. The van der Waals surface area contributed by atoms with Crippen LogP contribution >= 0.6 is 0 Å². The van der Waals surface area contributed by atoms with E-state index in [4.69, 9.17) is 5.73 Å². The van der Waals surface area contributed by atoms with Gasteiger partial charge in [0, 0.05) is 12.6 Å². The minimum absolute atomic E-state index is 0.114. The van der Waals surface area contributed by atoms with Crippen molar-refractivity contribution in [2.75, 3.05) is 13.1 Å². The van der Waals surface area contributed by atoms with Gasteiger partial charge in [0.25, 0.3) is 0 Å². The van der Waals surface area contributed by atoms with Crippen LogP contribution in [0.4, 0.5) is 0 Å². The van der Waals surface area contributed by atoms with Crippen molar-refractivity contribution in [3.05, 3.63) is 29.3 Å². The summed E-state index contributed by atoms with van der Waals surface area (Å²) in [6, 6.07) is 5.73.